The molecule has 1 fully saturated rings. The van der Waals surface area contributed by atoms with Crippen LogP contribution in [0.3, 0.4) is 0 Å². The molecule has 170 valence electrons. The van der Waals surface area contributed by atoms with E-state index in [0.29, 0.717) is 38.2 Å². The number of carbonyl (C=O) groups is 1. The zero-order valence-corrected chi connectivity index (χ0v) is 19.4. The van der Waals surface area contributed by atoms with Crippen LogP contribution in [0, 0.1) is 19.8 Å². The van der Waals surface area contributed by atoms with Crippen molar-refractivity contribution in [2.75, 3.05) is 13.1 Å². The minimum atomic E-state index is -3.76. The molecule has 2 heterocycles. The molecule has 0 radical (unpaired) electrons. The Labute approximate surface area is 184 Å². The SMILES string of the molecule is Cc1noc(C)c1S(=O)(=O)N1CCCC(C(=O)NCc2ccccc2COC(C)C)C1. The van der Waals surface area contributed by atoms with Crippen molar-refractivity contribution in [1.82, 2.24) is 14.8 Å². The van der Waals surface area contributed by atoms with E-state index in [1.807, 2.05) is 38.1 Å². The molecule has 1 unspecified atom stereocenters. The number of sulfonamides is 1. The van der Waals surface area contributed by atoms with Gasteiger partial charge in [0.05, 0.1) is 18.6 Å². The monoisotopic (exact) mass is 449 g/mol. The zero-order valence-electron chi connectivity index (χ0n) is 18.6. The minimum Gasteiger partial charge on any atom is -0.374 e. The van der Waals surface area contributed by atoms with Crippen molar-refractivity contribution >= 4 is 15.9 Å². The van der Waals surface area contributed by atoms with Gasteiger partial charge in [0.15, 0.2) is 5.76 Å². The Morgan fingerprint density at radius 1 is 1.29 bits per heavy atom. The van der Waals surface area contributed by atoms with E-state index >= 15 is 0 Å². The highest BCUT2D eigenvalue weighted by Gasteiger charge is 2.36. The van der Waals surface area contributed by atoms with Gasteiger partial charge in [-0.2, -0.15) is 4.31 Å². The maximum absolute atomic E-state index is 13.1. The number of carbonyl (C=O) groups excluding carboxylic acids is 1. The summed E-state index contributed by atoms with van der Waals surface area (Å²) >= 11 is 0. The van der Waals surface area contributed by atoms with Crippen molar-refractivity contribution in [3.05, 3.63) is 46.8 Å². The molecule has 1 aliphatic heterocycles. The van der Waals surface area contributed by atoms with Crippen LogP contribution in [0.1, 0.15) is 49.3 Å². The topological polar surface area (TPSA) is 102 Å². The summed E-state index contributed by atoms with van der Waals surface area (Å²) in [4.78, 5) is 13.0. The summed E-state index contributed by atoms with van der Waals surface area (Å²) in [5.74, 6) is -0.273. The van der Waals surface area contributed by atoms with Gasteiger partial charge in [0.25, 0.3) is 0 Å². The van der Waals surface area contributed by atoms with Crippen LogP contribution >= 0.6 is 0 Å². The van der Waals surface area contributed by atoms with Gasteiger partial charge in [-0.05, 0) is 51.7 Å². The number of amides is 1. The van der Waals surface area contributed by atoms with Gasteiger partial charge in [-0.15, -0.1) is 0 Å². The molecule has 1 saturated heterocycles. The van der Waals surface area contributed by atoms with Crippen LogP contribution in [0.5, 0.6) is 0 Å². The number of rotatable bonds is 8. The van der Waals surface area contributed by atoms with Crippen LogP contribution in [-0.2, 0) is 32.7 Å². The number of ether oxygens (including phenoxy) is 1. The van der Waals surface area contributed by atoms with Gasteiger partial charge >= 0.3 is 0 Å². The molecule has 1 aromatic carbocycles. The Hall–Kier alpha value is -2.23. The second-order valence-corrected chi connectivity index (χ2v) is 10.1. The predicted octanol–water partition coefficient (Wildman–Crippen LogP) is 2.93. The maximum Gasteiger partial charge on any atom is 0.248 e. The Morgan fingerprint density at radius 2 is 2.00 bits per heavy atom. The van der Waals surface area contributed by atoms with E-state index in [2.05, 4.69) is 10.5 Å². The number of hydrogen-bond acceptors (Lipinski definition) is 6. The first kappa shape index (κ1) is 23.4. The summed E-state index contributed by atoms with van der Waals surface area (Å²) in [5, 5.41) is 6.74. The molecular weight excluding hydrogens is 418 g/mol. The van der Waals surface area contributed by atoms with E-state index in [-0.39, 0.29) is 29.2 Å². The number of benzene rings is 1. The summed E-state index contributed by atoms with van der Waals surface area (Å²) < 4.78 is 38.3. The van der Waals surface area contributed by atoms with Crippen LogP contribution in [0.2, 0.25) is 0 Å². The fourth-order valence-electron chi connectivity index (χ4n) is 3.80. The molecule has 31 heavy (non-hydrogen) atoms. The molecule has 8 nitrogen and oxygen atoms in total. The van der Waals surface area contributed by atoms with Crippen molar-refractivity contribution in [3.63, 3.8) is 0 Å². The average molecular weight is 450 g/mol. The first-order valence-corrected chi connectivity index (χ1v) is 12.0. The van der Waals surface area contributed by atoms with Gasteiger partial charge in [-0.3, -0.25) is 4.79 Å². The smallest absolute Gasteiger partial charge is 0.248 e. The van der Waals surface area contributed by atoms with Crippen LogP contribution < -0.4 is 5.32 Å². The molecule has 0 bridgehead atoms. The third-order valence-corrected chi connectivity index (χ3v) is 7.57. The molecule has 1 N–H and O–H groups in total. The van der Waals surface area contributed by atoms with E-state index in [0.717, 1.165) is 11.1 Å². The Balaban J connectivity index is 1.65. The highest BCUT2D eigenvalue weighted by atomic mass is 32.2. The van der Waals surface area contributed by atoms with Crippen molar-refractivity contribution in [3.8, 4) is 0 Å². The Bertz CT molecular complexity index is 996. The van der Waals surface area contributed by atoms with Crippen molar-refractivity contribution in [2.45, 2.75) is 64.7 Å². The van der Waals surface area contributed by atoms with Crippen LogP contribution in [0.25, 0.3) is 0 Å². The largest absolute Gasteiger partial charge is 0.374 e. The average Bonchev–Trinajstić information content (AvgIpc) is 3.09. The van der Waals surface area contributed by atoms with Crippen LogP contribution in [0.15, 0.2) is 33.7 Å². The van der Waals surface area contributed by atoms with E-state index in [4.69, 9.17) is 9.26 Å². The van der Waals surface area contributed by atoms with E-state index in [1.165, 1.54) is 4.31 Å². The maximum atomic E-state index is 13.1. The first-order valence-electron chi connectivity index (χ1n) is 10.6. The molecule has 1 aliphatic rings. The molecule has 9 heteroatoms. The molecule has 1 aromatic heterocycles. The number of piperidine rings is 1. The summed E-state index contributed by atoms with van der Waals surface area (Å²) in [6.07, 6.45) is 1.40. The molecule has 0 aliphatic carbocycles. The zero-order chi connectivity index (χ0) is 22.6. The van der Waals surface area contributed by atoms with Crippen LogP contribution in [0.4, 0.5) is 0 Å². The van der Waals surface area contributed by atoms with Gasteiger partial charge < -0.3 is 14.6 Å². The van der Waals surface area contributed by atoms with Gasteiger partial charge in [-0.1, -0.05) is 29.4 Å². The third kappa shape index (κ3) is 5.53. The fraction of sp³-hybridized carbons (Fsp3) is 0.545. The number of aromatic nitrogens is 1. The third-order valence-electron chi connectivity index (χ3n) is 5.46. The summed E-state index contributed by atoms with van der Waals surface area (Å²) in [5.41, 5.74) is 2.36. The standard InChI is InChI=1S/C22H31N3O5S/c1-15(2)29-14-20-9-6-5-8-18(20)12-23-22(26)19-10-7-11-25(13-19)31(27,28)21-16(3)24-30-17(21)4/h5-6,8-9,15,19H,7,10-14H2,1-4H3,(H,23,26). The Kier molecular flexibility index (Phi) is 7.51. The fourth-order valence-corrected chi connectivity index (χ4v) is 5.62. The lowest BCUT2D eigenvalue weighted by Crippen LogP contribution is -2.45. The number of aryl methyl sites for hydroxylation is 2. The molecular formula is C22H31N3O5S. The van der Waals surface area contributed by atoms with Crippen molar-refractivity contribution in [1.29, 1.82) is 0 Å². The molecule has 0 saturated carbocycles. The second kappa shape index (κ2) is 9.93. The molecule has 2 aromatic rings. The second-order valence-electron chi connectivity index (χ2n) is 8.20. The quantitative estimate of drug-likeness (QED) is 0.665. The van der Waals surface area contributed by atoms with E-state index in [1.54, 1.807) is 13.8 Å². The first-order chi connectivity index (χ1) is 14.7. The van der Waals surface area contributed by atoms with Crippen molar-refractivity contribution < 1.29 is 22.5 Å². The number of hydrogen-bond donors (Lipinski definition) is 1. The summed E-state index contributed by atoms with van der Waals surface area (Å²) in [6.45, 7) is 8.55. The number of nitrogens with one attached hydrogen (secondary N) is 1. The van der Waals surface area contributed by atoms with Gasteiger partial charge in [0, 0.05) is 19.6 Å². The highest BCUT2D eigenvalue weighted by molar-refractivity contribution is 7.89. The van der Waals surface area contributed by atoms with Crippen LogP contribution in [-0.4, -0.2) is 43.0 Å². The highest BCUT2D eigenvalue weighted by Crippen LogP contribution is 2.27. The lowest BCUT2D eigenvalue weighted by atomic mass is 9.98. The lowest BCUT2D eigenvalue weighted by molar-refractivity contribution is -0.126. The number of nitrogens with zero attached hydrogens (tertiary/aromatic N) is 2. The van der Waals surface area contributed by atoms with Crippen molar-refractivity contribution in [2.24, 2.45) is 5.92 Å². The predicted molar refractivity (Wildman–Crippen MR) is 116 cm³/mol. The van der Waals surface area contributed by atoms with Gasteiger partial charge in [0.1, 0.15) is 10.6 Å². The Morgan fingerprint density at radius 3 is 2.65 bits per heavy atom. The van der Waals surface area contributed by atoms with E-state index < -0.39 is 15.9 Å². The molecule has 1 atom stereocenters. The van der Waals surface area contributed by atoms with E-state index in [9.17, 15) is 13.2 Å². The summed E-state index contributed by atoms with van der Waals surface area (Å²) in [6, 6.07) is 7.83. The molecule has 0 spiro atoms. The normalized spacial score (nSPS) is 17.8. The molecule has 3 rings (SSSR count). The van der Waals surface area contributed by atoms with Gasteiger partial charge in [0.2, 0.25) is 15.9 Å². The van der Waals surface area contributed by atoms with Gasteiger partial charge in [-0.25, -0.2) is 8.42 Å². The lowest BCUT2D eigenvalue weighted by Gasteiger charge is -2.31. The minimum absolute atomic E-state index is 0.104. The molecule has 1 amide bonds. The summed E-state index contributed by atoms with van der Waals surface area (Å²) in [7, 11) is -3.76.